The van der Waals surface area contributed by atoms with Gasteiger partial charge in [-0.25, -0.2) is 0 Å². The Morgan fingerprint density at radius 3 is 2.72 bits per heavy atom. The van der Waals surface area contributed by atoms with Crippen LogP contribution in [0.15, 0.2) is 48.7 Å². The van der Waals surface area contributed by atoms with E-state index in [4.69, 9.17) is 11.6 Å². The second-order valence-corrected chi connectivity index (χ2v) is 4.41. The van der Waals surface area contributed by atoms with Crippen molar-refractivity contribution in [3.63, 3.8) is 0 Å². The molecule has 3 nitrogen and oxygen atoms in total. The number of aliphatic carboxylic acids is 1. The van der Waals surface area contributed by atoms with Gasteiger partial charge in [-0.3, -0.25) is 9.78 Å². The van der Waals surface area contributed by atoms with E-state index in [-0.39, 0.29) is 0 Å². The number of halogens is 1. The molecule has 0 saturated heterocycles. The van der Waals surface area contributed by atoms with E-state index < -0.39 is 11.9 Å². The number of benzene rings is 1. The number of carboxylic acids is 1. The molecule has 1 aromatic heterocycles. The lowest BCUT2D eigenvalue weighted by Gasteiger charge is -2.12. The van der Waals surface area contributed by atoms with E-state index >= 15 is 0 Å². The largest absolute Gasteiger partial charge is 0.481 e. The molecule has 1 aromatic carbocycles. The fraction of sp³-hybridized carbons (Fsp3) is 0.143. The number of pyridine rings is 1. The third-order valence-electron chi connectivity index (χ3n) is 2.69. The molecule has 0 aliphatic carbocycles. The maximum atomic E-state index is 11.3. The molecule has 2 rings (SSSR count). The summed E-state index contributed by atoms with van der Waals surface area (Å²) in [5.41, 5.74) is 1.45. The van der Waals surface area contributed by atoms with Gasteiger partial charge in [0.05, 0.1) is 5.92 Å². The van der Waals surface area contributed by atoms with E-state index in [0.717, 1.165) is 5.69 Å². The molecule has 1 unspecified atom stereocenters. The van der Waals surface area contributed by atoms with Crippen LogP contribution in [0.2, 0.25) is 5.02 Å². The molecule has 0 saturated carbocycles. The molecule has 0 aliphatic rings. The lowest BCUT2D eigenvalue weighted by Crippen LogP contribution is -2.15. The average molecular weight is 262 g/mol. The molecule has 1 heterocycles. The van der Waals surface area contributed by atoms with Crippen molar-refractivity contribution in [2.45, 2.75) is 12.3 Å². The van der Waals surface area contributed by atoms with Crippen molar-refractivity contribution < 1.29 is 9.90 Å². The van der Waals surface area contributed by atoms with Gasteiger partial charge >= 0.3 is 5.97 Å². The predicted octanol–water partition coefficient (Wildman–Crippen LogP) is 3.15. The van der Waals surface area contributed by atoms with E-state index in [2.05, 4.69) is 4.98 Å². The van der Waals surface area contributed by atoms with Crippen molar-refractivity contribution >= 4 is 17.6 Å². The molecule has 0 spiro atoms. The molecule has 92 valence electrons. The molecule has 1 atom stereocenters. The van der Waals surface area contributed by atoms with Crippen molar-refractivity contribution in [3.05, 3.63) is 64.9 Å². The second kappa shape index (κ2) is 5.65. The van der Waals surface area contributed by atoms with Gasteiger partial charge in [0.2, 0.25) is 0 Å². The van der Waals surface area contributed by atoms with Crippen LogP contribution in [-0.2, 0) is 11.2 Å². The standard InChI is InChI=1S/C14H12ClNO2/c15-11-5-3-4-10(8-11)13(14(17)18)9-12-6-1-2-7-16-12/h1-8,13H,9H2,(H,17,18). The van der Waals surface area contributed by atoms with Crippen LogP contribution < -0.4 is 0 Å². The Labute approximate surface area is 110 Å². The van der Waals surface area contributed by atoms with Gasteiger partial charge in [-0.15, -0.1) is 0 Å². The van der Waals surface area contributed by atoms with Crippen molar-refractivity contribution in [2.75, 3.05) is 0 Å². The molecule has 0 bridgehead atoms. The third kappa shape index (κ3) is 3.08. The molecule has 0 radical (unpaired) electrons. The van der Waals surface area contributed by atoms with Crippen LogP contribution in [0.5, 0.6) is 0 Å². The Bertz CT molecular complexity index is 543. The normalized spacial score (nSPS) is 12.1. The van der Waals surface area contributed by atoms with E-state index in [0.29, 0.717) is 17.0 Å². The van der Waals surface area contributed by atoms with Gasteiger partial charge in [-0.05, 0) is 29.8 Å². The van der Waals surface area contributed by atoms with Crippen molar-refractivity contribution in [1.82, 2.24) is 4.98 Å². The molecule has 2 aromatic rings. The van der Waals surface area contributed by atoms with Gasteiger partial charge in [-0.1, -0.05) is 29.8 Å². The minimum atomic E-state index is -0.872. The average Bonchev–Trinajstić information content (AvgIpc) is 2.37. The summed E-state index contributed by atoms with van der Waals surface area (Å²) in [6.45, 7) is 0. The minimum Gasteiger partial charge on any atom is -0.481 e. The summed E-state index contributed by atoms with van der Waals surface area (Å²) in [4.78, 5) is 15.5. The third-order valence-corrected chi connectivity index (χ3v) is 2.92. The minimum absolute atomic E-state index is 0.358. The maximum absolute atomic E-state index is 11.3. The van der Waals surface area contributed by atoms with Crippen LogP contribution >= 0.6 is 11.6 Å². The zero-order valence-electron chi connectivity index (χ0n) is 9.58. The summed E-state index contributed by atoms with van der Waals surface area (Å²) in [6.07, 6.45) is 2.02. The maximum Gasteiger partial charge on any atom is 0.311 e. The number of aromatic nitrogens is 1. The van der Waals surface area contributed by atoms with E-state index in [1.165, 1.54) is 0 Å². The highest BCUT2D eigenvalue weighted by Crippen LogP contribution is 2.23. The van der Waals surface area contributed by atoms with Crippen LogP contribution in [-0.4, -0.2) is 16.1 Å². The monoisotopic (exact) mass is 261 g/mol. The number of nitrogens with zero attached hydrogens (tertiary/aromatic N) is 1. The molecule has 0 amide bonds. The SMILES string of the molecule is O=C(O)C(Cc1ccccn1)c1cccc(Cl)c1. The predicted molar refractivity (Wildman–Crippen MR) is 69.8 cm³/mol. The van der Waals surface area contributed by atoms with Crippen LogP contribution in [0.1, 0.15) is 17.2 Å². The lowest BCUT2D eigenvalue weighted by atomic mass is 9.94. The number of hydrogen-bond acceptors (Lipinski definition) is 2. The first-order valence-corrected chi connectivity index (χ1v) is 5.93. The van der Waals surface area contributed by atoms with Crippen molar-refractivity contribution in [3.8, 4) is 0 Å². The highest BCUT2D eigenvalue weighted by atomic mass is 35.5. The summed E-state index contributed by atoms with van der Waals surface area (Å²) in [7, 11) is 0. The topological polar surface area (TPSA) is 50.2 Å². The Hall–Kier alpha value is -1.87. The molecule has 0 aliphatic heterocycles. The zero-order valence-corrected chi connectivity index (χ0v) is 10.3. The van der Waals surface area contributed by atoms with E-state index in [1.807, 2.05) is 12.1 Å². The van der Waals surface area contributed by atoms with Crippen molar-refractivity contribution in [2.24, 2.45) is 0 Å². The van der Waals surface area contributed by atoms with Gasteiger partial charge in [0.25, 0.3) is 0 Å². The van der Waals surface area contributed by atoms with Gasteiger partial charge in [0.1, 0.15) is 0 Å². The molecule has 18 heavy (non-hydrogen) atoms. The van der Waals surface area contributed by atoms with Gasteiger partial charge in [-0.2, -0.15) is 0 Å². The number of carboxylic acid groups (broad SMARTS) is 1. The molecule has 4 heteroatoms. The highest BCUT2D eigenvalue weighted by Gasteiger charge is 2.20. The van der Waals surface area contributed by atoms with Crippen LogP contribution in [0.25, 0.3) is 0 Å². The molecular weight excluding hydrogens is 250 g/mol. The summed E-state index contributed by atoms with van der Waals surface area (Å²) < 4.78 is 0. The fourth-order valence-electron chi connectivity index (χ4n) is 1.80. The number of rotatable bonds is 4. The molecule has 0 fully saturated rings. The van der Waals surface area contributed by atoms with Crippen molar-refractivity contribution in [1.29, 1.82) is 0 Å². The van der Waals surface area contributed by atoms with E-state index in [9.17, 15) is 9.90 Å². The van der Waals surface area contributed by atoms with Gasteiger partial charge < -0.3 is 5.11 Å². The zero-order chi connectivity index (χ0) is 13.0. The Morgan fingerprint density at radius 1 is 1.28 bits per heavy atom. The summed E-state index contributed by atoms with van der Waals surface area (Å²) in [5, 5.41) is 9.85. The number of hydrogen-bond donors (Lipinski definition) is 1. The van der Waals surface area contributed by atoms with Crippen LogP contribution in [0.3, 0.4) is 0 Å². The number of carbonyl (C=O) groups is 1. The highest BCUT2D eigenvalue weighted by molar-refractivity contribution is 6.30. The summed E-state index contributed by atoms with van der Waals surface area (Å²) in [5.74, 6) is -1.50. The summed E-state index contributed by atoms with van der Waals surface area (Å²) >= 11 is 5.89. The van der Waals surface area contributed by atoms with Crippen LogP contribution in [0, 0.1) is 0 Å². The fourth-order valence-corrected chi connectivity index (χ4v) is 2.00. The Kier molecular flexibility index (Phi) is 3.95. The molecule has 1 N–H and O–H groups in total. The summed E-state index contributed by atoms with van der Waals surface area (Å²) in [6, 6.07) is 12.4. The van der Waals surface area contributed by atoms with Gasteiger partial charge in [0, 0.05) is 23.3 Å². The van der Waals surface area contributed by atoms with Gasteiger partial charge in [0.15, 0.2) is 0 Å². The first-order valence-electron chi connectivity index (χ1n) is 5.55. The first-order chi connectivity index (χ1) is 8.66. The Morgan fingerprint density at radius 2 is 2.11 bits per heavy atom. The first kappa shape index (κ1) is 12.6. The van der Waals surface area contributed by atoms with Crippen LogP contribution in [0.4, 0.5) is 0 Å². The second-order valence-electron chi connectivity index (χ2n) is 3.97. The van der Waals surface area contributed by atoms with E-state index in [1.54, 1.807) is 36.5 Å². The lowest BCUT2D eigenvalue weighted by molar-refractivity contribution is -0.138. The Balaban J connectivity index is 2.27. The smallest absolute Gasteiger partial charge is 0.311 e. The molecular formula is C14H12ClNO2. The quantitative estimate of drug-likeness (QED) is 0.920.